The summed E-state index contributed by atoms with van der Waals surface area (Å²) in [6, 6.07) is 4.42. The van der Waals surface area contributed by atoms with E-state index in [4.69, 9.17) is 16.4 Å². The summed E-state index contributed by atoms with van der Waals surface area (Å²) >= 11 is 6.10. The monoisotopic (exact) mass is 321 g/mol. The molecule has 21 heavy (non-hydrogen) atoms. The molecule has 0 bridgehead atoms. The second kappa shape index (κ2) is 6.25. The van der Waals surface area contributed by atoms with Gasteiger partial charge in [0.25, 0.3) is 0 Å². The van der Waals surface area contributed by atoms with E-state index >= 15 is 0 Å². The fourth-order valence-electron chi connectivity index (χ4n) is 2.06. The van der Waals surface area contributed by atoms with Gasteiger partial charge in [-0.3, -0.25) is 0 Å². The smallest absolute Gasteiger partial charge is 0.403 e. The van der Waals surface area contributed by atoms with Gasteiger partial charge in [-0.2, -0.15) is 13.2 Å². The van der Waals surface area contributed by atoms with Crippen molar-refractivity contribution < 1.29 is 23.1 Å². The molecule has 1 N–H and O–H groups in total. The lowest BCUT2D eigenvalue weighted by Crippen LogP contribution is -2.34. The van der Waals surface area contributed by atoms with Crippen LogP contribution in [0.1, 0.15) is 24.5 Å². The Balaban J connectivity index is 2.17. The van der Waals surface area contributed by atoms with Crippen LogP contribution in [0.15, 0.2) is 29.3 Å². The summed E-state index contributed by atoms with van der Waals surface area (Å²) in [4.78, 5) is 5.57. The number of aliphatic hydroxyl groups excluding tert-OH is 1. The van der Waals surface area contributed by atoms with Gasteiger partial charge in [-0.1, -0.05) is 30.7 Å². The molecule has 1 unspecified atom stereocenters. The molecule has 0 fully saturated rings. The Labute approximate surface area is 125 Å². The lowest BCUT2D eigenvalue weighted by Gasteiger charge is -2.24. The SMILES string of the molecule is CCC(CO)N1CC(Cl)=C(c2ccc(C(F)(F)F)cc2)O1. The molecule has 0 spiro atoms. The summed E-state index contributed by atoms with van der Waals surface area (Å²) in [6.07, 6.45) is -3.70. The van der Waals surface area contributed by atoms with Crippen LogP contribution in [-0.2, 0) is 11.0 Å². The van der Waals surface area contributed by atoms with E-state index in [-0.39, 0.29) is 12.6 Å². The first-order chi connectivity index (χ1) is 9.86. The van der Waals surface area contributed by atoms with Crippen molar-refractivity contribution in [3.8, 4) is 0 Å². The first kappa shape index (κ1) is 16.1. The van der Waals surface area contributed by atoms with Gasteiger partial charge in [0.1, 0.15) is 0 Å². The Morgan fingerprint density at radius 2 is 1.95 bits per heavy atom. The highest BCUT2D eigenvalue weighted by Gasteiger charge is 2.32. The standard InChI is InChI=1S/C14H15ClF3NO2/c1-2-11(8-20)19-7-12(15)13(21-19)9-3-5-10(6-4-9)14(16,17)18/h3-6,11,20H,2,7-8H2,1H3. The Morgan fingerprint density at radius 1 is 1.33 bits per heavy atom. The molecular weight excluding hydrogens is 307 g/mol. The first-order valence-electron chi connectivity index (χ1n) is 6.48. The van der Waals surface area contributed by atoms with Crippen molar-refractivity contribution in [1.29, 1.82) is 0 Å². The minimum atomic E-state index is -4.37. The third-order valence-corrected chi connectivity index (χ3v) is 3.60. The van der Waals surface area contributed by atoms with Crippen LogP contribution >= 0.6 is 11.6 Å². The van der Waals surface area contributed by atoms with Crippen molar-refractivity contribution >= 4 is 17.4 Å². The Bertz CT molecular complexity index is 524. The molecule has 0 amide bonds. The normalized spacial score (nSPS) is 18.0. The van der Waals surface area contributed by atoms with Crippen LogP contribution in [0.25, 0.3) is 5.76 Å². The van der Waals surface area contributed by atoms with Crippen molar-refractivity contribution in [2.75, 3.05) is 13.2 Å². The molecule has 1 aromatic rings. The summed E-state index contributed by atoms with van der Waals surface area (Å²) < 4.78 is 37.6. The van der Waals surface area contributed by atoms with Gasteiger partial charge in [0.2, 0.25) is 0 Å². The largest absolute Gasteiger partial charge is 0.416 e. The van der Waals surface area contributed by atoms with E-state index in [1.807, 2.05) is 6.92 Å². The summed E-state index contributed by atoms with van der Waals surface area (Å²) in [5.74, 6) is 0.331. The lowest BCUT2D eigenvalue weighted by molar-refractivity contribution is -0.137. The Morgan fingerprint density at radius 3 is 2.43 bits per heavy atom. The molecule has 3 nitrogen and oxygen atoms in total. The molecule has 1 aliphatic heterocycles. The zero-order valence-corrected chi connectivity index (χ0v) is 12.1. The molecular formula is C14H15ClF3NO2. The van der Waals surface area contributed by atoms with E-state index in [1.165, 1.54) is 17.2 Å². The van der Waals surface area contributed by atoms with E-state index in [0.29, 0.717) is 29.3 Å². The number of halogens is 4. The molecule has 0 aromatic heterocycles. The summed E-state index contributed by atoms with van der Waals surface area (Å²) in [5, 5.41) is 11.2. The number of hydrogen-bond acceptors (Lipinski definition) is 3. The van der Waals surface area contributed by atoms with Gasteiger partial charge in [0.05, 0.1) is 29.8 Å². The van der Waals surface area contributed by atoms with Crippen LogP contribution < -0.4 is 0 Å². The molecule has 0 radical (unpaired) electrons. The molecule has 2 rings (SSSR count). The number of rotatable bonds is 4. The molecule has 1 aliphatic rings. The second-order valence-electron chi connectivity index (χ2n) is 4.72. The Hall–Kier alpha value is -1.24. The molecule has 0 aliphatic carbocycles. The highest BCUT2D eigenvalue weighted by atomic mass is 35.5. The maximum Gasteiger partial charge on any atom is 0.416 e. The van der Waals surface area contributed by atoms with Crippen molar-refractivity contribution in [1.82, 2.24) is 5.06 Å². The zero-order valence-electron chi connectivity index (χ0n) is 11.3. The lowest BCUT2D eigenvalue weighted by atomic mass is 10.1. The molecule has 7 heteroatoms. The number of hydroxylamine groups is 2. The second-order valence-corrected chi connectivity index (χ2v) is 5.18. The van der Waals surface area contributed by atoms with Crippen molar-refractivity contribution in [3.63, 3.8) is 0 Å². The van der Waals surface area contributed by atoms with E-state index in [1.54, 1.807) is 0 Å². The van der Waals surface area contributed by atoms with Crippen LogP contribution in [0.2, 0.25) is 0 Å². The maximum absolute atomic E-state index is 12.5. The molecule has 116 valence electrons. The van der Waals surface area contributed by atoms with Gasteiger partial charge in [-0.05, 0) is 18.6 Å². The van der Waals surface area contributed by atoms with Gasteiger partial charge >= 0.3 is 6.18 Å². The van der Waals surface area contributed by atoms with Crippen molar-refractivity contribution in [3.05, 3.63) is 40.4 Å². The van der Waals surface area contributed by atoms with Crippen LogP contribution in [0.4, 0.5) is 13.2 Å². The van der Waals surface area contributed by atoms with Gasteiger partial charge in [-0.15, -0.1) is 5.06 Å². The number of benzene rings is 1. The topological polar surface area (TPSA) is 32.7 Å². The van der Waals surface area contributed by atoms with Gasteiger partial charge in [-0.25, -0.2) is 0 Å². The third-order valence-electron chi connectivity index (χ3n) is 3.31. The highest BCUT2D eigenvalue weighted by Crippen LogP contribution is 2.34. The van der Waals surface area contributed by atoms with E-state index in [0.717, 1.165) is 12.1 Å². The molecule has 1 aromatic carbocycles. The minimum absolute atomic E-state index is 0.0824. The fourth-order valence-corrected chi connectivity index (χ4v) is 2.32. The van der Waals surface area contributed by atoms with Crippen LogP contribution in [0, 0.1) is 0 Å². The van der Waals surface area contributed by atoms with Gasteiger partial charge in [0, 0.05) is 5.56 Å². The van der Waals surface area contributed by atoms with Crippen molar-refractivity contribution in [2.24, 2.45) is 0 Å². The summed E-state index contributed by atoms with van der Waals surface area (Å²) in [7, 11) is 0. The van der Waals surface area contributed by atoms with Crippen molar-refractivity contribution in [2.45, 2.75) is 25.6 Å². The molecule has 1 heterocycles. The third kappa shape index (κ3) is 3.51. The number of nitrogens with zero attached hydrogens (tertiary/aromatic N) is 1. The van der Waals surface area contributed by atoms with Gasteiger partial charge < -0.3 is 9.94 Å². The van der Waals surface area contributed by atoms with Crippen LogP contribution in [0.3, 0.4) is 0 Å². The van der Waals surface area contributed by atoms with Crippen LogP contribution in [-0.4, -0.2) is 29.4 Å². The summed E-state index contributed by atoms with van der Waals surface area (Å²) in [6.45, 7) is 2.12. The summed E-state index contributed by atoms with van der Waals surface area (Å²) in [5.41, 5.74) is -0.247. The predicted molar refractivity (Wildman–Crippen MR) is 73.2 cm³/mol. The minimum Gasteiger partial charge on any atom is -0.403 e. The van der Waals surface area contributed by atoms with Crippen LogP contribution in [0.5, 0.6) is 0 Å². The zero-order chi connectivity index (χ0) is 15.6. The molecule has 1 atom stereocenters. The highest BCUT2D eigenvalue weighted by molar-refractivity contribution is 6.32. The number of hydrogen-bond donors (Lipinski definition) is 1. The predicted octanol–water partition coefficient (Wildman–Crippen LogP) is 3.63. The number of aliphatic hydroxyl groups is 1. The Kier molecular flexibility index (Phi) is 4.81. The maximum atomic E-state index is 12.5. The van der Waals surface area contributed by atoms with Gasteiger partial charge in [0.15, 0.2) is 5.76 Å². The average molecular weight is 322 g/mol. The average Bonchev–Trinajstić information content (AvgIpc) is 2.81. The quantitative estimate of drug-likeness (QED) is 0.919. The fraction of sp³-hybridized carbons (Fsp3) is 0.429. The first-order valence-corrected chi connectivity index (χ1v) is 6.86. The van der Waals surface area contributed by atoms with E-state index in [9.17, 15) is 18.3 Å². The molecule has 0 saturated heterocycles. The molecule has 0 saturated carbocycles. The number of alkyl halides is 3. The van der Waals surface area contributed by atoms with E-state index < -0.39 is 11.7 Å². The van der Waals surface area contributed by atoms with E-state index in [2.05, 4.69) is 0 Å².